The quantitative estimate of drug-likeness (QED) is 0.459. The molecular weight excluding hydrogens is 406 g/mol. The molecule has 168 valence electrons. The average molecular weight is 436 g/mol. The Morgan fingerprint density at radius 3 is 2.62 bits per heavy atom. The van der Waals surface area contributed by atoms with Gasteiger partial charge in [-0.2, -0.15) is 5.10 Å². The van der Waals surface area contributed by atoms with E-state index in [9.17, 15) is 4.79 Å². The zero-order chi connectivity index (χ0) is 23.0. The molecule has 1 amide bonds. The van der Waals surface area contributed by atoms with Crippen molar-refractivity contribution in [2.45, 2.75) is 39.8 Å². The minimum atomic E-state index is -0.182. The smallest absolute Gasteiger partial charge is 0.252 e. The minimum absolute atomic E-state index is 0.0806. The lowest BCUT2D eigenvalue weighted by Crippen LogP contribution is -2.34. The molecule has 0 aromatic carbocycles. The van der Waals surface area contributed by atoms with Gasteiger partial charge in [0, 0.05) is 18.2 Å². The van der Waals surface area contributed by atoms with Crippen molar-refractivity contribution in [1.82, 2.24) is 25.0 Å². The van der Waals surface area contributed by atoms with Crippen LogP contribution in [-0.4, -0.2) is 46.2 Å². The number of fused-ring (bicyclic) bond motifs is 1. The first-order chi connectivity index (χ1) is 15.3. The summed E-state index contributed by atoms with van der Waals surface area (Å²) in [4.78, 5) is 20.2. The summed E-state index contributed by atoms with van der Waals surface area (Å²) in [5.74, 6) is 2.18. The van der Waals surface area contributed by atoms with Gasteiger partial charge in [0.1, 0.15) is 17.3 Å². The van der Waals surface area contributed by atoms with Crippen LogP contribution in [0.2, 0.25) is 0 Å². The summed E-state index contributed by atoms with van der Waals surface area (Å²) in [5.41, 5.74) is 2.77. The van der Waals surface area contributed by atoms with E-state index in [2.05, 4.69) is 10.4 Å². The zero-order valence-electron chi connectivity index (χ0n) is 19.3. The SMILES string of the molecule is Cc1cc(-c2cc(C(=O)NCC(c3ccco3)N(C)C)c3cnn(C(C)C)c3n2)c(C)o1. The molecule has 0 fully saturated rings. The second kappa shape index (κ2) is 8.63. The fourth-order valence-corrected chi connectivity index (χ4v) is 3.91. The summed E-state index contributed by atoms with van der Waals surface area (Å²) in [7, 11) is 3.91. The Morgan fingerprint density at radius 1 is 1.25 bits per heavy atom. The van der Waals surface area contributed by atoms with Gasteiger partial charge in [-0.05, 0) is 66.1 Å². The maximum absolute atomic E-state index is 13.4. The molecule has 1 unspecified atom stereocenters. The van der Waals surface area contributed by atoms with E-state index >= 15 is 0 Å². The Hall–Kier alpha value is -3.39. The average Bonchev–Trinajstić information content (AvgIpc) is 3.46. The van der Waals surface area contributed by atoms with Gasteiger partial charge in [-0.15, -0.1) is 0 Å². The highest BCUT2D eigenvalue weighted by molar-refractivity contribution is 6.06. The third kappa shape index (κ3) is 4.05. The number of aryl methyl sites for hydroxylation is 2. The third-order valence-electron chi connectivity index (χ3n) is 5.57. The molecule has 32 heavy (non-hydrogen) atoms. The zero-order valence-corrected chi connectivity index (χ0v) is 19.3. The first kappa shape index (κ1) is 21.8. The summed E-state index contributed by atoms with van der Waals surface area (Å²) in [6.45, 7) is 8.29. The lowest BCUT2D eigenvalue weighted by molar-refractivity contribution is 0.0940. The fraction of sp³-hybridized carbons (Fsp3) is 0.375. The van der Waals surface area contributed by atoms with Gasteiger partial charge in [0.05, 0.1) is 35.1 Å². The minimum Gasteiger partial charge on any atom is -0.468 e. The first-order valence-electron chi connectivity index (χ1n) is 10.7. The Kier molecular flexibility index (Phi) is 5.88. The number of hydrogen-bond donors (Lipinski definition) is 1. The predicted octanol–water partition coefficient (Wildman–Crippen LogP) is 4.51. The Balaban J connectivity index is 1.73. The molecule has 0 saturated heterocycles. The van der Waals surface area contributed by atoms with Gasteiger partial charge in [-0.25, -0.2) is 9.67 Å². The molecule has 4 aromatic heterocycles. The first-order valence-corrected chi connectivity index (χ1v) is 10.7. The fourth-order valence-electron chi connectivity index (χ4n) is 3.91. The van der Waals surface area contributed by atoms with Crippen molar-refractivity contribution in [3.63, 3.8) is 0 Å². The van der Waals surface area contributed by atoms with E-state index in [4.69, 9.17) is 13.8 Å². The maximum atomic E-state index is 13.4. The molecule has 0 saturated carbocycles. The number of nitrogens with one attached hydrogen (secondary N) is 1. The monoisotopic (exact) mass is 435 g/mol. The molecule has 4 aromatic rings. The number of nitrogens with zero attached hydrogens (tertiary/aromatic N) is 4. The lowest BCUT2D eigenvalue weighted by Gasteiger charge is -2.22. The normalized spacial score (nSPS) is 12.8. The van der Waals surface area contributed by atoms with Gasteiger partial charge in [-0.1, -0.05) is 0 Å². The van der Waals surface area contributed by atoms with E-state index in [1.165, 1.54) is 0 Å². The van der Waals surface area contributed by atoms with E-state index in [0.29, 0.717) is 23.4 Å². The van der Waals surface area contributed by atoms with Crippen molar-refractivity contribution in [2.75, 3.05) is 20.6 Å². The van der Waals surface area contributed by atoms with Crippen LogP contribution in [0.3, 0.4) is 0 Å². The van der Waals surface area contributed by atoms with E-state index in [0.717, 1.165) is 28.2 Å². The molecule has 0 aliphatic carbocycles. The summed E-state index contributed by atoms with van der Waals surface area (Å²) < 4.78 is 13.1. The Labute approximate surface area is 187 Å². The number of furan rings is 2. The van der Waals surface area contributed by atoms with E-state index in [1.807, 2.05) is 75.6 Å². The number of carbonyl (C=O) groups excluding carboxylic acids is 1. The summed E-state index contributed by atoms with van der Waals surface area (Å²) >= 11 is 0. The third-order valence-corrected chi connectivity index (χ3v) is 5.57. The molecule has 1 N–H and O–H groups in total. The van der Waals surface area contributed by atoms with Gasteiger partial charge >= 0.3 is 0 Å². The van der Waals surface area contributed by atoms with Crippen LogP contribution in [0.4, 0.5) is 0 Å². The molecule has 0 bridgehead atoms. The van der Waals surface area contributed by atoms with Crippen molar-refractivity contribution >= 4 is 16.9 Å². The van der Waals surface area contributed by atoms with Crippen LogP contribution in [0.15, 0.2) is 45.6 Å². The van der Waals surface area contributed by atoms with Crippen LogP contribution in [-0.2, 0) is 0 Å². The van der Waals surface area contributed by atoms with Gasteiger partial charge in [0.25, 0.3) is 5.91 Å². The summed E-state index contributed by atoms with van der Waals surface area (Å²) in [5, 5.41) is 8.28. The van der Waals surface area contributed by atoms with Gasteiger partial charge < -0.3 is 14.2 Å². The highest BCUT2D eigenvalue weighted by Gasteiger charge is 2.22. The molecule has 0 aliphatic heterocycles. The summed E-state index contributed by atoms with van der Waals surface area (Å²) in [6.07, 6.45) is 3.35. The topological polar surface area (TPSA) is 89.3 Å². The van der Waals surface area contributed by atoms with Crippen molar-refractivity contribution in [1.29, 1.82) is 0 Å². The van der Waals surface area contributed by atoms with Crippen LogP contribution in [0.1, 0.15) is 53.6 Å². The second-order valence-corrected chi connectivity index (χ2v) is 8.51. The number of likely N-dealkylation sites (N-methyl/N-ethyl adjacent to an activating group) is 1. The van der Waals surface area contributed by atoms with Crippen molar-refractivity contribution < 1.29 is 13.6 Å². The summed E-state index contributed by atoms with van der Waals surface area (Å²) in [6, 6.07) is 7.55. The molecule has 8 nitrogen and oxygen atoms in total. The number of carbonyl (C=O) groups is 1. The van der Waals surface area contributed by atoms with Crippen LogP contribution in [0, 0.1) is 13.8 Å². The molecule has 0 spiro atoms. The van der Waals surface area contributed by atoms with E-state index < -0.39 is 0 Å². The van der Waals surface area contributed by atoms with Crippen LogP contribution in [0.5, 0.6) is 0 Å². The molecule has 4 heterocycles. The number of pyridine rings is 1. The number of amides is 1. The number of hydrogen-bond acceptors (Lipinski definition) is 6. The standard InChI is InChI=1S/C24H29N5O3/c1-14(2)29-23-19(12-26-29)18(11-20(27-23)17-10-15(3)32-16(17)4)24(30)25-13-21(28(5)6)22-8-7-9-31-22/h7-12,14,21H,13H2,1-6H3,(H,25,30). The predicted molar refractivity (Wildman–Crippen MR) is 123 cm³/mol. The largest absolute Gasteiger partial charge is 0.468 e. The molecular formula is C24H29N5O3. The molecule has 4 rings (SSSR count). The van der Waals surface area contributed by atoms with Crippen LogP contribution < -0.4 is 5.32 Å². The van der Waals surface area contributed by atoms with Crippen molar-refractivity contribution in [3.05, 3.63) is 59.6 Å². The molecule has 0 radical (unpaired) electrons. The van der Waals surface area contributed by atoms with Crippen LogP contribution in [0.25, 0.3) is 22.3 Å². The molecule has 0 aliphatic rings. The maximum Gasteiger partial charge on any atom is 0.252 e. The van der Waals surface area contributed by atoms with Gasteiger partial charge in [0.2, 0.25) is 0 Å². The molecule has 1 atom stereocenters. The number of rotatable bonds is 7. The lowest BCUT2D eigenvalue weighted by atomic mass is 10.1. The van der Waals surface area contributed by atoms with Crippen LogP contribution >= 0.6 is 0 Å². The second-order valence-electron chi connectivity index (χ2n) is 8.51. The van der Waals surface area contributed by atoms with Crippen molar-refractivity contribution in [2.24, 2.45) is 0 Å². The Morgan fingerprint density at radius 2 is 2.03 bits per heavy atom. The van der Waals surface area contributed by atoms with Gasteiger partial charge in [-0.3, -0.25) is 9.69 Å². The molecule has 8 heteroatoms. The van der Waals surface area contributed by atoms with Crippen molar-refractivity contribution in [3.8, 4) is 11.3 Å². The number of aromatic nitrogens is 3. The van der Waals surface area contributed by atoms with E-state index in [-0.39, 0.29) is 18.0 Å². The highest BCUT2D eigenvalue weighted by Crippen LogP contribution is 2.30. The highest BCUT2D eigenvalue weighted by atomic mass is 16.3. The van der Waals surface area contributed by atoms with E-state index in [1.54, 1.807) is 12.5 Å². The van der Waals surface area contributed by atoms with Gasteiger partial charge in [0.15, 0.2) is 5.65 Å². The Bertz CT molecular complexity index is 1230.